The van der Waals surface area contributed by atoms with Gasteiger partial charge in [0.25, 0.3) is 0 Å². The quantitative estimate of drug-likeness (QED) is 0.356. The number of carbonyl (C=O) groups is 2. The standard InChI is InChI=1S/C10H14O2/c1-9(2)4-3-5-10(8-12)6-7-11/h4,6-8H,3,5H2,1-2H3. The molecule has 0 radical (unpaired) electrons. The summed E-state index contributed by atoms with van der Waals surface area (Å²) in [5, 5.41) is 0. The summed E-state index contributed by atoms with van der Waals surface area (Å²) in [4.78, 5) is 20.3. The summed E-state index contributed by atoms with van der Waals surface area (Å²) in [6.07, 6.45) is 6.20. The zero-order valence-electron chi connectivity index (χ0n) is 7.54. The van der Waals surface area contributed by atoms with Gasteiger partial charge in [0, 0.05) is 0 Å². The summed E-state index contributed by atoms with van der Waals surface area (Å²) in [6, 6.07) is 0. The van der Waals surface area contributed by atoms with E-state index in [2.05, 4.69) is 0 Å². The molecule has 0 aromatic carbocycles. The molecule has 0 aromatic heterocycles. The minimum Gasteiger partial charge on any atom is -0.299 e. The fourth-order valence-electron chi connectivity index (χ4n) is 0.796. The normalized spacial score (nSPS) is 10.7. The van der Waals surface area contributed by atoms with E-state index >= 15 is 0 Å². The van der Waals surface area contributed by atoms with Crippen molar-refractivity contribution in [2.45, 2.75) is 26.7 Å². The Labute approximate surface area is 73.0 Å². The number of hydrogen-bond acceptors (Lipinski definition) is 2. The first-order valence-corrected chi connectivity index (χ1v) is 3.93. The predicted octanol–water partition coefficient (Wildman–Crippen LogP) is 2.06. The molecular formula is C10H14O2. The van der Waals surface area contributed by atoms with Gasteiger partial charge in [0.2, 0.25) is 0 Å². The van der Waals surface area contributed by atoms with Gasteiger partial charge in [-0.15, -0.1) is 0 Å². The third-order valence-corrected chi connectivity index (χ3v) is 1.42. The first-order chi connectivity index (χ1) is 5.70. The number of rotatable bonds is 5. The van der Waals surface area contributed by atoms with E-state index in [-0.39, 0.29) is 0 Å². The van der Waals surface area contributed by atoms with Gasteiger partial charge < -0.3 is 0 Å². The van der Waals surface area contributed by atoms with Crippen LogP contribution in [0.4, 0.5) is 0 Å². The van der Waals surface area contributed by atoms with Crippen LogP contribution in [0.5, 0.6) is 0 Å². The minimum absolute atomic E-state index is 0.558. The fourth-order valence-corrected chi connectivity index (χ4v) is 0.796. The lowest BCUT2D eigenvalue weighted by molar-refractivity contribution is -0.106. The van der Waals surface area contributed by atoms with Crippen LogP contribution in [0.3, 0.4) is 0 Å². The highest BCUT2D eigenvalue weighted by Gasteiger charge is 1.92. The van der Waals surface area contributed by atoms with Gasteiger partial charge in [-0.05, 0) is 38.3 Å². The average Bonchev–Trinajstić information content (AvgIpc) is 2.02. The SMILES string of the molecule is CC(C)=CCCC(C=O)=CC=O. The molecule has 0 atom stereocenters. The van der Waals surface area contributed by atoms with Crippen LogP contribution in [0.1, 0.15) is 26.7 Å². The van der Waals surface area contributed by atoms with Gasteiger partial charge in [0.15, 0.2) is 0 Å². The Bertz CT molecular complexity index is 208. The second-order valence-electron chi connectivity index (χ2n) is 2.82. The van der Waals surface area contributed by atoms with E-state index in [1.165, 1.54) is 11.6 Å². The zero-order valence-corrected chi connectivity index (χ0v) is 7.54. The smallest absolute Gasteiger partial charge is 0.146 e. The highest BCUT2D eigenvalue weighted by Crippen LogP contribution is 2.03. The number of aldehydes is 2. The molecule has 0 aliphatic heterocycles. The Kier molecular flexibility index (Phi) is 5.88. The molecule has 0 N–H and O–H groups in total. The summed E-state index contributed by atoms with van der Waals surface area (Å²) in [5.41, 5.74) is 1.79. The third kappa shape index (κ3) is 5.59. The maximum atomic E-state index is 10.3. The predicted molar refractivity (Wildman–Crippen MR) is 48.9 cm³/mol. The topological polar surface area (TPSA) is 34.1 Å². The maximum absolute atomic E-state index is 10.3. The van der Waals surface area contributed by atoms with Crippen molar-refractivity contribution in [1.29, 1.82) is 0 Å². The van der Waals surface area contributed by atoms with Crippen molar-refractivity contribution < 1.29 is 9.59 Å². The van der Waals surface area contributed by atoms with Gasteiger partial charge in [0.05, 0.1) is 0 Å². The lowest BCUT2D eigenvalue weighted by atomic mass is 10.1. The monoisotopic (exact) mass is 166 g/mol. The molecule has 0 saturated heterocycles. The van der Waals surface area contributed by atoms with E-state index in [9.17, 15) is 9.59 Å². The fraction of sp³-hybridized carbons (Fsp3) is 0.400. The van der Waals surface area contributed by atoms with Gasteiger partial charge in [-0.3, -0.25) is 9.59 Å². The number of carbonyl (C=O) groups excluding carboxylic acids is 2. The van der Waals surface area contributed by atoms with Gasteiger partial charge >= 0.3 is 0 Å². The third-order valence-electron chi connectivity index (χ3n) is 1.42. The maximum Gasteiger partial charge on any atom is 0.146 e. The van der Waals surface area contributed by atoms with E-state index in [4.69, 9.17) is 0 Å². The molecule has 0 aliphatic carbocycles. The molecule has 0 fully saturated rings. The van der Waals surface area contributed by atoms with Crippen molar-refractivity contribution >= 4 is 12.6 Å². The molecule has 0 unspecified atom stereocenters. The van der Waals surface area contributed by atoms with Crippen molar-refractivity contribution in [2.24, 2.45) is 0 Å². The molecular weight excluding hydrogens is 152 g/mol. The van der Waals surface area contributed by atoms with E-state index in [0.717, 1.165) is 12.7 Å². The second kappa shape index (κ2) is 6.53. The molecule has 0 spiro atoms. The van der Waals surface area contributed by atoms with Gasteiger partial charge in [-0.1, -0.05) is 11.6 Å². The van der Waals surface area contributed by atoms with E-state index in [1.54, 1.807) is 0 Å². The molecule has 2 heteroatoms. The molecule has 2 nitrogen and oxygen atoms in total. The Morgan fingerprint density at radius 2 is 1.92 bits per heavy atom. The van der Waals surface area contributed by atoms with Crippen molar-refractivity contribution in [2.75, 3.05) is 0 Å². The number of hydrogen-bond donors (Lipinski definition) is 0. The van der Waals surface area contributed by atoms with Gasteiger partial charge in [0.1, 0.15) is 12.6 Å². The molecule has 0 saturated carbocycles. The van der Waals surface area contributed by atoms with E-state index in [1.807, 2.05) is 19.9 Å². The Balaban J connectivity index is 3.89. The minimum atomic E-state index is 0.558. The molecule has 66 valence electrons. The van der Waals surface area contributed by atoms with Crippen LogP contribution < -0.4 is 0 Å². The Hall–Kier alpha value is -1.18. The van der Waals surface area contributed by atoms with Crippen LogP contribution in [-0.2, 0) is 9.59 Å². The molecule has 0 aromatic rings. The zero-order chi connectivity index (χ0) is 9.40. The molecule has 0 amide bonds. The van der Waals surface area contributed by atoms with Crippen LogP contribution in [-0.4, -0.2) is 12.6 Å². The van der Waals surface area contributed by atoms with Gasteiger partial charge in [-0.25, -0.2) is 0 Å². The molecule has 0 bridgehead atoms. The Morgan fingerprint density at radius 1 is 1.25 bits per heavy atom. The van der Waals surface area contributed by atoms with Crippen LogP contribution in [0.25, 0.3) is 0 Å². The van der Waals surface area contributed by atoms with Crippen LogP contribution in [0.15, 0.2) is 23.3 Å². The average molecular weight is 166 g/mol. The van der Waals surface area contributed by atoms with Crippen molar-refractivity contribution in [1.82, 2.24) is 0 Å². The van der Waals surface area contributed by atoms with E-state index in [0.29, 0.717) is 18.3 Å². The largest absolute Gasteiger partial charge is 0.299 e. The summed E-state index contributed by atoms with van der Waals surface area (Å²) in [6.45, 7) is 4.01. The van der Waals surface area contributed by atoms with Crippen LogP contribution in [0, 0.1) is 0 Å². The molecule has 0 heterocycles. The second-order valence-corrected chi connectivity index (χ2v) is 2.82. The van der Waals surface area contributed by atoms with Crippen molar-refractivity contribution in [3.63, 3.8) is 0 Å². The highest BCUT2D eigenvalue weighted by atomic mass is 16.1. The molecule has 12 heavy (non-hydrogen) atoms. The summed E-state index contributed by atoms with van der Waals surface area (Å²) in [5.74, 6) is 0. The first-order valence-electron chi connectivity index (χ1n) is 3.93. The first kappa shape index (κ1) is 10.8. The van der Waals surface area contributed by atoms with Crippen LogP contribution in [0.2, 0.25) is 0 Å². The summed E-state index contributed by atoms with van der Waals surface area (Å²) >= 11 is 0. The van der Waals surface area contributed by atoms with Gasteiger partial charge in [-0.2, -0.15) is 0 Å². The Morgan fingerprint density at radius 3 is 2.33 bits per heavy atom. The summed E-state index contributed by atoms with van der Waals surface area (Å²) in [7, 11) is 0. The van der Waals surface area contributed by atoms with Crippen molar-refractivity contribution in [3.8, 4) is 0 Å². The van der Waals surface area contributed by atoms with Crippen molar-refractivity contribution in [3.05, 3.63) is 23.3 Å². The summed E-state index contributed by atoms with van der Waals surface area (Å²) < 4.78 is 0. The van der Waals surface area contributed by atoms with E-state index < -0.39 is 0 Å². The molecule has 0 aliphatic rings. The number of allylic oxidation sites excluding steroid dienone is 4. The highest BCUT2D eigenvalue weighted by molar-refractivity contribution is 5.81. The lowest BCUT2D eigenvalue weighted by Crippen LogP contribution is -1.85. The lowest BCUT2D eigenvalue weighted by Gasteiger charge is -1.94. The molecule has 0 rings (SSSR count). The van der Waals surface area contributed by atoms with Crippen LogP contribution >= 0.6 is 0 Å².